The second kappa shape index (κ2) is 6.86. The zero-order chi connectivity index (χ0) is 15.5. The Hall–Kier alpha value is -0.670. The third-order valence-corrected chi connectivity index (χ3v) is 5.21. The zero-order valence-corrected chi connectivity index (χ0v) is 13.4. The number of sulfonamides is 1. The Labute approximate surface area is 128 Å². The summed E-state index contributed by atoms with van der Waals surface area (Å²) in [5.41, 5.74) is -0.404. The Balaban J connectivity index is 3.18. The molecule has 0 bridgehead atoms. The first-order valence-corrected chi connectivity index (χ1v) is 9.14. The fraction of sp³-hybridized carbons (Fsp3) is 0.300. The second-order valence-electron chi connectivity index (χ2n) is 3.75. The topological polar surface area (TPSA) is 101 Å². The number of halogens is 2. The van der Waals surface area contributed by atoms with Crippen LogP contribution in [0.2, 0.25) is 10.0 Å². The fourth-order valence-electron chi connectivity index (χ4n) is 1.31. The molecule has 0 amide bonds. The molecule has 1 aromatic carbocycles. The maximum absolute atomic E-state index is 12.0. The summed E-state index contributed by atoms with van der Waals surface area (Å²) < 4.78 is 37.1. The largest absolute Gasteiger partial charge is 0.478 e. The lowest BCUT2D eigenvalue weighted by atomic mass is 10.2. The number of benzene rings is 1. The van der Waals surface area contributed by atoms with E-state index >= 15 is 0 Å². The van der Waals surface area contributed by atoms with Crippen molar-refractivity contribution in [2.75, 3.05) is 18.6 Å². The van der Waals surface area contributed by atoms with E-state index in [1.165, 1.54) is 6.26 Å². The van der Waals surface area contributed by atoms with Crippen LogP contribution in [0.1, 0.15) is 10.4 Å². The van der Waals surface area contributed by atoms with Crippen molar-refractivity contribution in [2.24, 2.45) is 0 Å². The van der Waals surface area contributed by atoms with Gasteiger partial charge in [0.1, 0.15) is 4.90 Å². The van der Waals surface area contributed by atoms with Crippen molar-refractivity contribution in [1.29, 1.82) is 0 Å². The van der Waals surface area contributed by atoms with Crippen LogP contribution in [-0.2, 0) is 20.8 Å². The van der Waals surface area contributed by atoms with Gasteiger partial charge in [0.25, 0.3) is 0 Å². The van der Waals surface area contributed by atoms with Gasteiger partial charge in [-0.15, -0.1) is 0 Å². The number of carboxylic acid groups (broad SMARTS) is 1. The SMILES string of the molecule is CS(=O)CCNS(=O)(=O)c1cc(Cl)cc(C(=O)O)c1Cl. The first kappa shape index (κ1) is 17.4. The van der Waals surface area contributed by atoms with E-state index in [2.05, 4.69) is 4.72 Å². The van der Waals surface area contributed by atoms with Crippen molar-refractivity contribution >= 4 is 50.0 Å². The average molecular weight is 360 g/mol. The monoisotopic (exact) mass is 359 g/mol. The standard InChI is InChI=1S/C10H11Cl2NO5S2/c1-19(16)3-2-13-20(17,18)8-5-6(11)4-7(9(8)12)10(14)15/h4-5,13H,2-3H2,1H3,(H,14,15). The van der Waals surface area contributed by atoms with Crippen LogP contribution in [0.4, 0.5) is 0 Å². The molecule has 0 saturated heterocycles. The molecule has 1 rings (SSSR count). The molecular formula is C10H11Cl2NO5S2. The lowest BCUT2D eigenvalue weighted by molar-refractivity contribution is 0.0697. The van der Waals surface area contributed by atoms with Gasteiger partial charge in [-0.25, -0.2) is 17.9 Å². The van der Waals surface area contributed by atoms with Crippen LogP contribution >= 0.6 is 23.2 Å². The number of carbonyl (C=O) groups is 1. The Morgan fingerprint density at radius 1 is 1.40 bits per heavy atom. The van der Waals surface area contributed by atoms with Gasteiger partial charge in [-0.2, -0.15) is 0 Å². The van der Waals surface area contributed by atoms with Gasteiger partial charge >= 0.3 is 5.97 Å². The number of hydrogen-bond donors (Lipinski definition) is 2. The summed E-state index contributed by atoms with van der Waals surface area (Å²) in [6, 6.07) is 2.12. The minimum atomic E-state index is -4.03. The van der Waals surface area contributed by atoms with Gasteiger partial charge in [0.05, 0.1) is 10.6 Å². The lowest BCUT2D eigenvalue weighted by Gasteiger charge is -2.10. The van der Waals surface area contributed by atoms with E-state index in [4.69, 9.17) is 28.3 Å². The Morgan fingerprint density at radius 2 is 2.00 bits per heavy atom. The van der Waals surface area contributed by atoms with E-state index in [1.54, 1.807) is 0 Å². The van der Waals surface area contributed by atoms with Gasteiger partial charge in [0.15, 0.2) is 0 Å². The second-order valence-corrected chi connectivity index (χ2v) is 7.85. The molecule has 0 spiro atoms. The van der Waals surface area contributed by atoms with Gasteiger partial charge in [0.2, 0.25) is 10.0 Å². The number of hydrogen-bond acceptors (Lipinski definition) is 4. The smallest absolute Gasteiger partial charge is 0.337 e. The molecule has 112 valence electrons. The van der Waals surface area contributed by atoms with E-state index in [0.29, 0.717) is 0 Å². The highest BCUT2D eigenvalue weighted by molar-refractivity contribution is 7.89. The van der Waals surface area contributed by atoms with Crippen LogP contribution < -0.4 is 4.72 Å². The Bertz CT molecular complexity index is 660. The molecule has 10 heteroatoms. The summed E-state index contributed by atoms with van der Waals surface area (Å²) in [5, 5.41) is 8.44. The van der Waals surface area contributed by atoms with Gasteiger partial charge < -0.3 is 5.11 Å². The van der Waals surface area contributed by atoms with Gasteiger partial charge in [-0.05, 0) is 12.1 Å². The summed E-state index contributed by atoms with van der Waals surface area (Å²) in [6.07, 6.45) is 1.43. The minimum absolute atomic E-state index is 0.0588. The summed E-state index contributed by atoms with van der Waals surface area (Å²) in [5.74, 6) is -1.26. The van der Waals surface area contributed by atoms with Crippen molar-refractivity contribution in [3.8, 4) is 0 Å². The summed E-state index contributed by atoms with van der Waals surface area (Å²) in [4.78, 5) is 10.5. The van der Waals surface area contributed by atoms with Crippen molar-refractivity contribution in [2.45, 2.75) is 4.90 Å². The molecule has 0 fully saturated rings. The highest BCUT2D eigenvalue weighted by atomic mass is 35.5. The number of aromatic carboxylic acids is 1. The van der Waals surface area contributed by atoms with Crippen LogP contribution in [0.25, 0.3) is 0 Å². The lowest BCUT2D eigenvalue weighted by Crippen LogP contribution is -2.28. The van der Waals surface area contributed by atoms with Crippen molar-refractivity contribution < 1.29 is 22.5 Å². The molecule has 1 atom stereocenters. The molecule has 0 radical (unpaired) electrons. The highest BCUT2D eigenvalue weighted by Crippen LogP contribution is 2.29. The zero-order valence-electron chi connectivity index (χ0n) is 10.2. The molecular weight excluding hydrogens is 349 g/mol. The third kappa shape index (κ3) is 4.42. The molecule has 1 aromatic rings. The normalized spacial score (nSPS) is 13.2. The summed E-state index contributed by atoms with van der Waals surface area (Å²) in [7, 11) is -5.19. The molecule has 0 saturated carbocycles. The summed E-state index contributed by atoms with van der Waals surface area (Å²) in [6.45, 7) is -0.0588. The van der Waals surface area contributed by atoms with Crippen LogP contribution in [0.5, 0.6) is 0 Å². The molecule has 1 unspecified atom stereocenters. The van der Waals surface area contributed by atoms with Gasteiger partial charge in [-0.1, -0.05) is 23.2 Å². The van der Waals surface area contributed by atoms with Crippen LogP contribution in [-0.4, -0.2) is 42.3 Å². The number of nitrogens with one attached hydrogen (secondary N) is 1. The Morgan fingerprint density at radius 3 is 2.50 bits per heavy atom. The quantitative estimate of drug-likeness (QED) is 0.798. The van der Waals surface area contributed by atoms with E-state index in [0.717, 1.165) is 12.1 Å². The molecule has 2 N–H and O–H groups in total. The van der Waals surface area contributed by atoms with Crippen LogP contribution in [0.15, 0.2) is 17.0 Å². The van der Waals surface area contributed by atoms with Gasteiger partial charge in [-0.3, -0.25) is 4.21 Å². The van der Waals surface area contributed by atoms with E-state index < -0.39 is 42.3 Å². The minimum Gasteiger partial charge on any atom is -0.478 e. The van der Waals surface area contributed by atoms with Crippen LogP contribution in [0, 0.1) is 0 Å². The molecule has 6 nitrogen and oxygen atoms in total. The highest BCUT2D eigenvalue weighted by Gasteiger charge is 2.23. The van der Waals surface area contributed by atoms with Crippen LogP contribution in [0.3, 0.4) is 0 Å². The Kier molecular flexibility index (Phi) is 5.96. The molecule has 0 aliphatic heterocycles. The van der Waals surface area contributed by atoms with E-state index in [-0.39, 0.29) is 17.3 Å². The third-order valence-electron chi connectivity index (χ3n) is 2.21. The predicted molar refractivity (Wildman–Crippen MR) is 77.5 cm³/mol. The van der Waals surface area contributed by atoms with Crippen molar-refractivity contribution in [1.82, 2.24) is 4.72 Å². The number of carboxylic acids is 1. The van der Waals surface area contributed by atoms with E-state index in [1.807, 2.05) is 0 Å². The van der Waals surface area contributed by atoms with E-state index in [9.17, 15) is 17.4 Å². The van der Waals surface area contributed by atoms with Crippen molar-refractivity contribution in [3.05, 3.63) is 27.7 Å². The number of rotatable bonds is 6. The first-order valence-electron chi connectivity index (χ1n) is 5.17. The molecule has 0 aliphatic rings. The molecule has 20 heavy (non-hydrogen) atoms. The molecule has 0 aromatic heterocycles. The molecule has 0 heterocycles. The van der Waals surface area contributed by atoms with Gasteiger partial charge in [0, 0.05) is 34.4 Å². The maximum Gasteiger partial charge on any atom is 0.337 e. The molecule has 0 aliphatic carbocycles. The average Bonchev–Trinajstić information content (AvgIpc) is 2.30. The first-order chi connectivity index (χ1) is 9.15. The van der Waals surface area contributed by atoms with Crippen molar-refractivity contribution in [3.63, 3.8) is 0 Å². The maximum atomic E-state index is 12.0. The fourth-order valence-corrected chi connectivity index (χ4v) is 3.76. The predicted octanol–water partition coefficient (Wildman–Crippen LogP) is 1.35. The summed E-state index contributed by atoms with van der Waals surface area (Å²) >= 11 is 11.5.